The summed E-state index contributed by atoms with van der Waals surface area (Å²) < 4.78 is 2.15. The van der Waals surface area contributed by atoms with Crippen LogP contribution in [-0.2, 0) is 16.2 Å². The zero-order valence-corrected chi connectivity index (χ0v) is 19.1. The first-order valence-electron chi connectivity index (χ1n) is 11.0. The smallest absolute Gasteiger partial charge is 0.331 e. The molecule has 0 saturated heterocycles. The molecule has 0 N–H and O–H groups in total. The van der Waals surface area contributed by atoms with Crippen molar-refractivity contribution in [1.29, 1.82) is 0 Å². The molecule has 0 amide bonds. The normalized spacial score (nSPS) is 11.5. The fraction of sp³-hybridized carbons (Fsp3) is 0.143. The molecule has 4 aromatic rings. The zero-order chi connectivity index (χ0) is 24.2. The molecule has 1 aromatic heterocycles. The number of ketones is 2. The van der Waals surface area contributed by atoms with Gasteiger partial charge in [0.05, 0.1) is 0 Å². The van der Waals surface area contributed by atoms with E-state index >= 15 is 0 Å². The number of hydrogen-bond donors (Lipinski definition) is 0. The summed E-state index contributed by atoms with van der Waals surface area (Å²) in [6.07, 6.45) is 1.69. The van der Waals surface area contributed by atoms with Crippen LogP contribution in [0.1, 0.15) is 46.5 Å². The highest BCUT2D eigenvalue weighted by Crippen LogP contribution is 2.31. The molecule has 0 aliphatic carbocycles. The number of aryl methyl sites for hydroxylation is 1. The molecular formula is C28H24N2O4. The van der Waals surface area contributed by atoms with Gasteiger partial charge in [0.2, 0.25) is 5.78 Å². The van der Waals surface area contributed by atoms with Gasteiger partial charge in [-0.3, -0.25) is 9.59 Å². The van der Waals surface area contributed by atoms with E-state index < -0.39 is 5.97 Å². The van der Waals surface area contributed by atoms with Gasteiger partial charge in [-0.25, -0.2) is 4.79 Å². The van der Waals surface area contributed by atoms with Gasteiger partial charge in [0, 0.05) is 58.4 Å². The number of aromatic nitrogens is 1. The van der Waals surface area contributed by atoms with Crippen LogP contribution in [0.15, 0.2) is 84.5 Å². The molecule has 0 aliphatic rings. The van der Waals surface area contributed by atoms with E-state index in [1.165, 1.54) is 13.0 Å². The number of hydrogen-bond acceptors (Lipinski definition) is 5. The Labute approximate surface area is 197 Å². The number of carbonyl (C=O) groups is 3. The third-order valence-electron chi connectivity index (χ3n) is 5.63. The Morgan fingerprint density at radius 3 is 2.12 bits per heavy atom. The Bertz CT molecular complexity index is 1460. The van der Waals surface area contributed by atoms with E-state index in [0.717, 1.165) is 28.4 Å². The second-order valence-electron chi connectivity index (χ2n) is 7.85. The molecule has 0 spiro atoms. The predicted molar refractivity (Wildman–Crippen MR) is 133 cm³/mol. The van der Waals surface area contributed by atoms with Crippen molar-refractivity contribution in [2.75, 3.05) is 0 Å². The van der Waals surface area contributed by atoms with Gasteiger partial charge in [-0.05, 0) is 43.3 Å². The fourth-order valence-corrected chi connectivity index (χ4v) is 4.08. The summed E-state index contributed by atoms with van der Waals surface area (Å²) in [5.41, 5.74) is 3.63. The Balaban J connectivity index is 1.85. The standard InChI is InChI=1S/C28H24N2O4/c1-4-9-24(29-34-18(3)31)28(33)21-13-15-26-23(17-21)22-16-20(12-14-25(22)30(26)5-2)27(32)19-10-7-6-8-11-19/h4,6-8,10-17H,1,5,9H2,2-3H3/b29-24+. The van der Waals surface area contributed by atoms with E-state index in [1.807, 2.05) is 42.5 Å². The second-order valence-corrected chi connectivity index (χ2v) is 7.85. The molecule has 170 valence electrons. The first-order chi connectivity index (χ1) is 16.4. The zero-order valence-electron chi connectivity index (χ0n) is 19.1. The van der Waals surface area contributed by atoms with Gasteiger partial charge in [-0.1, -0.05) is 41.6 Å². The van der Waals surface area contributed by atoms with Crippen LogP contribution in [0.3, 0.4) is 0 Å². The Morgan fingerprint density at radius 1 is 0.912 bits per heavy atom. The number of carbonyl (C=O) groups excluding carboxylic acids is 3. The van der Waals surface area contributed by atoms with E-state index in [-0.39, 0.29) is 23.7 Å². The van der Waals surface area contributed by atoms with Crippen LogP contribution in [0, 0.1) is 0 Å². The third kappa shape index (κ3) is 4.30. The lowest BCUT2D eigenvalue weighted by molar-refractivity contribution is -0.140. The molecule has 0 atom stereocenters. The topological polar surface area (TPSA) is 77.7 Å². The minimum atomic E-state index is -0.605. The van der Waals surface area contributed by atoms with Crippen molar-refractivity contribution < 1.29 is 19.2 Å². The maximum Gasteiger partial charge on any atom is 0.331 e. The van der Waals surface area contributed by atoms with E-state index in [2.05, 4.69) is 23.2 Å². The molecule has 0 radical (unpaired) electrons. The molecule has 34 heavy (non-hydrogen) atoms. The minimum absolute atomic E-state index is 0.0612. The molecule has 0 unspecified atom stereocenters. The van der Waals surface area contributed by atoms with E-state index in [9.17, 15) is 14.4 Å². The first-order valence-corrected chi connectivity index (χ1v) is 11.0. The number of allylic oxidation sites excluding steroid dienone is 1. The SMILES string of the molecule is C=CC/C(=N\OC(C)=O)C(=O)c1ccc2c(c1)c1cc(C(=O)c3ccccc3)ccc1n2CC. The lowest BCUT2D eigenvalue weighted by Gasteiger charge is -2.05. The molecule has 6 heteroatoms. The summed E-state index contributed by atoms with van der Waals surface area (Å²) in [7, 11) is 0. The Kier molecular flexibility index (Phi) is 6.50. The highest BCUT2D eigenvalue weighted by molar-refractivity contribution is 6.46. The maximum atomic E-state index is 13.1. The second kappa shape index (κ2) is 9.67. The van der Waals surface area contributed by atoms with Crippen molar-refractivity contribution >= 4 is 45.1 Å². The van der Waals surface area contributed by atoms with E-state index in [4.69, 9.17) is 4.84 Å². The minimum Gasteiger partial charge on any atom is -0.341 e. The Morgan fingerprint density at radius 2 is 1.53 bits per heavy atom. The summed E-state index contributed by atoms with van der Waals surface area (Å²) in [4.78, 5) is 42.0. The number of benzene rings is 3. The summed E-state index contributed by atoms with van der Waals surface area (Å²) in [5, 5.41) is 5.46. The first kappa shape index (κ1) is 22.9. The lowest BCUT2D eigenvalue weighted by Crippen LogP contribution is -2.15. The highest BCUT2D eigenvalue weighted by atomic mass is 16.7. The van der Waals surface area contributed by atoms with Crippen molar-refractivity contribution in [2.45, 2.75) is 26.8 Å². The van der Waals surface area contributed by atoms with E-state index in [1.54, 1.807) is 24.3 Å². The van der Waals surface area contributed by atoms with Gasteiger partial charge >= 0.3 is 5.97 Å². The van der Waals surface area contributed by atoms with E-state index in [0.29, 0.717) is 16.7 Å². The number of nitrogens with zero attached hydrogens (tertiary/aromatic N) is 2. The van der Waals surface area contributed by atoms with Crippen LogP contribution >= 0.6 is 0 Å². The molecule has 0 aliphatic heterocycles. The summed E-state index contributed by atoms with van der Waals surface area (Å²) in [5.74, 6) is -1.02. The van der Waals surface area contributed by atoms with Crippen LogP contribution in [0.2, 0.25) is 0 Å². The number of rotatable bonds is 8. The van der Waals surface area contributed by atoms with Crippen LogP contribution < -0.4 is 0 Å². The highest BCUT2D eigenvalue weighted by Gasteiger charge is 2.19. The van der Waals surface area contributed by atoms with Crippen molar-refractivity contribution in [1.82, 2.24) is 4.57 Å². The quantitative estimate of drug-likeness (QED) is 0.113. The van der Waals surface area contributed by atoms with Gasteiger partial charge < -0.3 is 9.40 Å². The average molecular weight is 453 g/mol. The van der Waals surface area contributed by atoms with Crippen LogP contribution in [0.4, 0.5) is 0 Å². The fourth-order valence-electron chi connectivity index (χ4n) is 4.08. The third-order valence-corrected chi connectivity index (χ3v) is 5.63. The van der Waals surface area contributed by atoms with Gasteiger partial charge in [-0.2, -0.15) is 0 Å². The lowest BCUT2D eigenvalue weighted by atomic mass is 9.99. The molecule has 6 nitrogen and oxygen atoms in total. The maximum absolute atomic E-state index is 13.1. The monoisotopic (exact) mass is 452 g/mol. The number of oxime groups is 1. The Hall–Kier alpha value is -4.32. The average Bonchev–Trinajstić information content (AvgIpc) is 3.18. The summed E-state index contributed by atoms with van der Waals surface area (Å²) >= 11 is 0. The van der Waals surface area contributed by atoms with Gasteiger partial charge in [0.25, 0.3) is 0 Å². The number of Topliss-reactive ketones (excluding diaryl/α,β-unsaturated/α-hetero) is 1. The molecule has 0 saturated carbocycles. The van der Waals surface area contributed by atoms with Crippen molar-refractivity contribution in [3.05, 3.63) is 96.1 Å². The molecule has 1 heterocycles. The van der Waals surface area contributed by atoms with Gasteiger partial charge in [-0.15, -0.1) is 6.58 Å². The molecular weight excluding hydrogens is 428 g/mol. The number of fused-ring (bicyclic) bond motifs is 3. The van der Waals surface area contributed by atoms with Crippen molar-refractivity contribution in [2.24, 2.45) is 5.16 Å². The largest absolute Gasteiger partial charge is 0.341 e. The van der Waals surface area contributed by atoms with Crippen LogP contribution in [-0.4, -0.2) is 27.8 Å². The van der Waals surface area contributed by atoms with Crippen LogP contribution in [0.25, 0.3) is 21.8 Å². The van der Waals surface area contributed by atoms with Crippen LogP contribution in [0.5, 0.6) is 0 Å². The van der Waals surface area contributed by atoms with Crippen molar-refractivity contribution in [3.8, 4) is 0 Å². The van der Waals surface area contributed by atoms with Gasteiger partial charge in [0.15, 0.2) is 5.78 Å². The van der Waals surface area contributed by atoms with Gasteiger partial charge in [0.1, 0.15) is 5.71 Å². The molecule has 3 aromatic carbocycles. The summed E-state index contributed by atoms with van der Waals surface area (Å²) in [6, 6.07) is 20.2. The van der Waals surface area contributed by atoms with Crippen molar-refractivity contribution in [3.63, 3.8) is 0 Å². The predicted octanol–water partition coefficient (Wildman–Crippen LogP) is 5.72. The summed E-state index contributed by atoms with van der Waals surface area (Å²) in [6.45, 7) is 7.65. The molecule has 0 fully saturated rings. The molecule has 0 bridgehead atoms. The molecule has 4 rings (SSSR count).